The van der Waals surface area contributed by atoms with Crippen LogP contribution in [-0.2, 0) is 6.42 Å². The van der Waals surface area contributed by atoms with E-state index in [1.165, 1.54) is 5.56 Å². The summed E-state index contributed by atoms with van der Waals surface area (Å²) < 4.78 is 15.7. The van der Waals surface area contributed by atoms with E-state index < -0.39 is 0 Å². The zero-order chi connectivity index (χ0) is 18.8. The summed E-state index contributed by atoms with van der Waals surface area (Å²) in [6.45, 7) is 0.683. The van der Waals surface area contributed by atoms with E-state index in [1.54, 1.807) is 21.3 Å². The molecule has 6 heteroatoms. The molecule has 2 aromatic carbocycles. The van der Waals surface area contributed by atoms with Gasteiger partial charge in [0.2, 0.25) is 0 Å². The average molecular weight is 357 g/mol. The number of nitrogens with two attached hydrogens (primary N) is 1. The van der Waals surface area contributed by atoms with Crippen molar-refractivity contribution < 1.29 is 14.2 Å². The largest absolute Gasteiger partial charge is 0.497 e. The molecule has 0 unspecified atom stereocenters. The van der Waals surface area contributed by atoms with Gasteiger partial charge in [0.15, 0.2) is 17.5 Å². The second kappa shape index (κ2) is 10.2. The van der Waals surface area contributed by atoms with Gasteiger partial charge in [0.25, 0.3) is 0 Å². The van der Waals surface area contributed by atoms with E-state index in [9.17, 15) is 0 Å². The third-order valence-electron chi connectivity index (χ3n) is 3.97. The maximum Gasteiger partial charge on any atom is 0.193 e. The minimum atomic E-state index is 0.390. The Labute approximate surface area is 155 Å². The Morgan fingerprint density at radius 2 is 1.65 bits per heavy atom. The predicted molar refractivity (Wildman–Crippen MR) is 106 cm³/mol. The van der Waals surface area contributed by atoms with Crippen LogP contribution in [0.4, 0.5) is 5.69 Å². The molecule has 6 nitrogen and oxygen atoms in total. The molecule has 0 aliphatic carbocycles. The van der Waals surface area contributed by atoms with Crippen molar-refractivity contribution >= 4 is 11.6 Å². The van der Waals surface area contributed by atoms with Gasteiger partial charge < -0.3 is 25.3 Å². The maximum atomic E-state index is 5.95. The van der Waals surface area contributed by atoms with Crippen molar-refractivity contribution in [3.63, 3.8) is 0 Å². The number of unbranched alkanes of at least 4 members (excludes halogenated alkanes) is 1. The third kappa shape index (κ3) is 5.88. The number of hydrogen-bond acceptors (Lipinski definition) is 4. The van der Waals surface area contributed by atoms with Crippen LogP contribution in [0.1, 0.15) is 18.4 Å². The molecule has 2 aromatic rings. The Morgan fingerprint density at radius 3 is 2.31 bits per heavy atom. The molecule has 0 saturated carbocycles. The summed E-state index contributed by atoms with van der Waals surface area (Å²) in [7, 11) is 4.88. The molecule has 0 radical (unpaired) electrons. The lowest BCUT2D eigenvalue weighted by Gasteiger charge is -2.11. The number of guanidine groups is 1. The van der Waals surface area contributed by atoms with Crippen LogP contribution < -0.4 is 25.3 Å². The molecule has 0 amide bonds. The van der Waals surface area contributed by atoms with Crippen molar-refractivity contribution in [1.29, 1.82) is 0 Å². The standard InChI is InChI=1S/C20H27N3O3/c1-24-17-10-7-15(8-11-17)6-4-5-13-22-20(21)23-16-9-12-18(25-2)19(14-16)26-3/h7-12,14H,4-6,13H2,1-3H3,(H3,21,22,23). The Morgan fingerprint density at radius 1 is 0.923 bits per heavy atom. The highest BCUT2D eigenvalue weighted by Crippen LogP contribution is 2.29. The second-order valence-corrected chi connectivity index (χ2v) is 5.77. The predicted octanol–water partition coefficient (Wildman–Crippen LogP) is 3.46. The lowest BCUT2D eigenvalue weighted by molar-refractivity contribution is 0.355. The second-order valence-electron chi connectivity index (χ2n) is 5.77. The van der Waals surface area contributed by atoms with Gasteiger partial charge in [-0.2, -0.15) is 0 Å². The Balaban J connectivity index is 1.75. The number of methoxy groups -OCH3 is 3. The average Bonchev–Trinajstić information content (AvgIpc) is 2.68. The first kappa shape index (κ1) is 19.4. The van der Waals surface area contributed by atoms with Crippen molar-refractivity contribution in [3.8, 4) is 17.2 Å². The minimum absolute atomic E-state index is 0.390. The summed E-state index contributed by atoms with van der Waals surface area (Å²) in [5.74, 6) is 2.59. The van der Waals surface area contributed by atoms with Gasteiger partial charge in [0.1, 0.15) is 5.75 Å². The van der Waals surface area contributed by atoms with Gasteiger partial charge in [-0.25, -0.2) is 0 Å². The van der Waals surface area contributed by atoms with Crippen molar-refractivity contribution in [3.05, 3.63) is 48.0 Å². The van der Waals surface area contributed by atoms with Gasteiger partial charge in [-0.15, -0.1) is 0 Å². The zero-order valence-corrected chi connectivity index (χ0v) is 15.6. The van der Waals surface area contributed by atoms with Crippen LogP contribution in [0.5, 0.6) is 17.2 Å². The van der Waals surface area contributed by atoms with Crippen molar-refractivity contribution in [2.24, 2.45) is 10.7 Å². The SMILES string of the molecule is COc1ccc(CCCCN=C(N)Nc2ccc(OC)c(OC)c2)cc1. The molecule has 0 spiro atoms. The van der Waals surface area contributed by atoms with Crippen LogP contribution in [0, 0.1) is 0 Å². The lowest BCUT2D eigenvalue weighted by atomic mass is 10.1. The van der Waals surface area contributed by atoms with Crippen molar-refractivity contribution in [1.82, 2.24) is 0 Å². The molecule has 140 valence electrons. The fourth-order valence-electron chi connectivity index (χ4n) is 2.53. The van der Waals surface area contributed by atoms with Gasteiger partial charge in [-0.05, 0) is 49.1 Å². The number of nitrogens with one attached hydrogen (secondary N) is 1. The number of benzene rings is 2. The highest BCUT2D eigenvalue weighted by Gasteiger charge is 2.05. The first-order valence-electron chi connectivity index (χ1n) is 8.58. The van der Waals surface area contributed by atoms with Crippen LogP contribution in [0.15, 0.2) is 47.5 Å². The Bertz CT molecular complexity index is 715. The summed E-state index contributed by atoms with van der Waals surface area (Å²) >= 11 is 0. The van der Waals surface area contributed by atoms with E-state index in [0.29, 0.717) is 24.0 Å². The number of ether oxygens (including phenoxy) is 3. The minimum Gasteiger partial charge on any atom is -0.497 e. The number of aliphatic imine (C=N–C) groups is 1. The number of anilines is 1. The molecule has 0 saturated heterocycles. The number of hydrogen-bond donors (Lipinski definition) is 2. The van der Waals surface area contributed by atoms with Gasteiger partial charge in [-0.3, -0.25) is 4.99 Å². The molecule has 2 rings (SSSR count). The van der Waals surface area contributed by atoms with E-state index in [0.717, 1.165) is 30.7 Å². The van der Waals surface area contributed by atoms with Crippen LogP contribution in [0.3, 0.4) is 0 Å². The molecule has 0 atom stereocenters. The topological polar surface area (TPSA) is 78.1 Å². The first-order valence-corrected chi connectivity index (χ1v) is 8.58. The van der Waals surface area contributed by atoms with Crippen molar-refractivity contribution in [2.75, 3.05) is 33.2 Å². The highest BCUT2D eigenvalue weighted by molar-refractivity contribution is 5.92. The summed E-state index contributed by atoms with van der Waals surface area (Å²) in [4.78, 5) is 4.37. The van der Waals surface area contributed by atoms with E-state index in [2.05, 4.69) is 22.4 Å². The van der Waals surface area contributed by atoms with E-state index in [-0.39, 0.29) is 0 Å². The monoisotopic (exact) mass is 357 g/mol. The smallest absolute Gasteiger partial charge is 0.193 e. The number of rotatable bonds is 9. The molecule has 0 aliphatic heterocycles. The maximum absolute atomic E-state index is 5.95. The molecule has 0 fully saturated rings. The van der Waals surface area contributed by atoms with Crippen LogP contribution in [0.2, 0.25) is 0 Å². The summed E-state index contributed by atoms with van der Waals surface area (Å²) in [5.41, 5.74) is 8.05. The molecule has 0 bridgehead atoms. The molecule has 26 heavy (non-hydrogen) atoms. The normalized spacial score (nSPS) is 11.1. The highest BCUT2D eigenvalue weighted by atomic mass is 16.5. The fourth-order valence-corrected chi connectivity index (χ4v) is 2.53. The van der Waals surface area contributed by atoms with Gasteiger partial charge in [-0.1, -0.05) is 12.1 Å². The summed E-state index contributed by atoms with van der Waals surface area (Å²) in [6, 6.07) is 13.7. The van der Waals surface area contributed by atoms with Gasteiger partial charge in [0.05, 0.1) is 21.3 Å². The van der Waals surface area contributed by atoms with Crippen LogP contribution in [0.25, 0.3) is 0 Å². The fraction of sp³-hybridized carbons (Fsp3) is 0.350. The quantitative estimate of drug-likeness (QED) is 0.408. The van der Waals surface area contributed by atoms with Crippen LogP contribution in [-0.4, -0.2) is 33.8 Å². The van der Waals surface area contributed by atoms with Crippen molar-refractivity contribution in [2.45, 2.75) is 19.3 Å². The Kier molecular flexibility index (Phi) is 7.61. The molecular weight excluding hydrogens is 330 g/mol. The molecule has 3 N–H and O–H groups in total. The van der Waals surface area contributed by atoms with Gasteiger partial charge >= 0.3 is 0 Å². The third-order valence-corrected chi connectivity index (χ3v) is 3.97. The zero-order valence-electron chi connectivity index (χ0n) is 15.6. The summed E-state index contributed by atoms with van der Waals surface area (Å²) in [6.07, 6.45) is 3.04. The first-order chi connectivity index (χ1) is 12.7. The Hall–Kier alpha value is -2.89. The number of nitrogens with zero attached hydrogens (tertiary/aromatic N) is 1. The lowest BCUT2D eigenvalue weighted by Crippen LogP contribution is -2.22. The van der Waals surface area contributed by atoms with Gasteiger partial charge in [0, 0.05) is 18.3 Å². The van der Waals surface area contributed by atoms with E-state index in [4.69, 9.17) is 19.9 Å². The molecule has 0 aromatic heterocycles. The number of aryl methyl sites for hydroxylation is 1. The van der Waals surface area contributed by atoms with E-state index in [1.807, 2.05) is 30.3 Å². The van der Waals surface area contributed by atoms with Crippen LogP contribution >= 0.6 is 0 Å². The molecular formula is C20H27N3O3. The summed E-state index contributed by atoms with van der Waals surface area (Å²) in [5, 5.41) is 3.07. The molecule has 0 aliphatic rings. The van der Waals surface area contributed by atoms with E-state index >= 15 is 0 Å². The molecule has 0 heterocycles.